The molecule has 0 radical (unpaired) electrons. The highest BCUT2D eigenvalue weighted by Crippen LogP contribution is 2.45. The number of H-pyrrole nitrogens is 1. The minimum absolute atomic E-state index is 0.0677. The highest BCUT2D eigenvalue weighted by molar-refractivity contribution is 6.16. The van der Waals surface area contributed by atoms with Gasteiger partial charge in [0.1, 0.15) is 6.17 Å². The lowest BCUT2D eigenvalue weighted by molar-refractivity contribution is -0.116. The Balaban J connectivity index is 1.28. The highest BCUT2D eigenvalue weighted by Gasteiger charge is 2.47. The summed E-state index contributed by atoms with van der Waals surface area (Å²) in [4.78, 5) is 48.9. The average Bonchev–Trinajstić information content (AvgIpc) is 3.42. The maximum Gasteiger partial charge on any atom is 0.260 e. The number of carbonyl (C=O) groups is 3. The van der Waals surface area contributed by atoms with Gasteiger partial charge in [0.25, 0.3) is 11.8 Å². The Bertz CT molecular complexity index is 1170. The molecule has 2 aliphatic heterocycles. The van der Waals surface area contributed by atoms with Crippen LogP contribution in [-0.2, 0) is 4.79 Å². The molecule has 2 aromatic carbocycles. The molecule has 5 rings (SSSR count). The van der Waals surface area contributed by atoms with E-state index in [0.29, 0.717) is 42.1 Å². The highest BCUT2D eigenvalue weighted by atomic mass is 16.2. The van der Waals surface area contributed by atoms with Gasteiger partial charge in [-0.15, -0.1) is 0 Å². The first-order valence-electron chi connectivity index (χ1n) is 10.8. The molecule has 0 aliphatic carbocycles. The number of carbonyl (C=O) groups excluding carboxylic acids is 3. The zero-order chi connectivity index (χ0) is 22.1. The number of unbranched alkanes of at least 4 members (excludes halogenated alkanes) is 2. The minimum atomic E-state index is -0.427. The number of nitrogens with one attached hydrogen (secondary N) is 2. The molecule has 1 atom stereocenters. The number of hydrogen-bond acceptors (Lipinski definition) is 4. The third-order valence-corrected chi connectivity index (χ3v) is 5.94. The van der Waals surface area contributed by atoms with E-state index in [1.54, 1.807) is 28.3 Å². The number of anilines is 2. The number of aromatic nitrogens is 2. The van der Waals surface area contributed by atoms with E-state index in [1.165, 1.54) is 0 Å². The molecule has 8 nitrogen and oxygen atoms in total. The third kappa shape index (κ3) is 3.43. The van der Waals surface area contributed by atoms with Crippen molar-refractivity contribution in [2.24, 2.45) is 0 Å². The average molecular weight is 429 g/mol. The van der Waals surface area contributed by atoms with Crippen molar-refractivity contribution in [3.63, 3.8) is 0 Å². The van der Waals surface area contributed by atoms with Crippen molar-refractivity contribution < 1.29 is 14.4 Å². The van der Waals surface area contributed by atoms with Gasteiger partial charge in [0.2, 0.25) is 11.9 Å². The molecule has 3 amide bonds. The summed E-state index contributed by atoms with van der Waals surface area (Å²) in [6.45, 7) is 0.510. The van der Waals surface area contributed by atoms with Gasteiger partial charge in [-0.1, -0.05) is 36.8 Å². The van der Waals surface area contributed by atoms with Crippen molar-refractivity contribution in [1.29, 1.82) is 0 Å². The second-order valence-electron chi connectivity index (χ2n) is 7.95. The quantitative estimate of drug-likeness (QED) is 0.559. The van der Waals surface area contributed by atoms with Crippen LogP contribution in [0.3, 0.4) is 0 Å². The predicted octanol–water partition coefficient (Wildman–Crippen LogP) is 3.72. The van der Waals surface area contributed by atoms with Crippen molar-refractivity contribution in [2.45, 2.75) is 31.8 Å². The Hall–Kier alpha value is -3.94. The number of benzene rings is 2. The van der Waals surface area contributed by atoms with Gasteiger partial charge in [0.05, 0.1) is 11.3 Å². The van der Waals surface area contributed by atoms with Crippen molar-refractivity contribution in [3.05, 3.63) is 77.6 Å². The van der Waals surface area contributed by atoms with Crippen LogP contribution in [0.1, 0.15) is 58.1 Å². The molecule has 0 saturated heterocycles. The molecule has 0 saturated carbocycles. The Kier molecular flexibility index (Phi) is 5.18. The molecule has 0 unspecified atom stereocenters. The molecular formula is C24H23N5O3. The van der Waals surface area contributed by atoms with Crippen LogP contribution < -0.4 is 10.2 Å². The molecule has 1 aromatic heterocycles. The largest absolute Gasteiger partial charge is 0.331 e. The molecular weight excluding hydrogens is 406 g/mol. The lowest BCUT2D eigenvalue weighted by Gasteiger charge is -2.41. The number of amides is 3. The van der Waals surface area contributed by atoms with E-state index in [9.17, 15) is 14.4 Å². The van der Waals surface area contributed by atoms with Crippen molar-refractivity contribution in [3.8, 4) is 0 Å². The second kappa shape index (κ2) is 8.30. The number of para-hydroxylation sites is 1. The SMILES string of the molecule is O=C(CCCCCN1C(=O)c2ccccc2N2C(=O)c3ccccc3[C@@H]12)Nc1ncc[nH]1. The van der Waals surface area contributed by atoms with E-state index in [0.717, 1.165) is 18.4 Å². The maximum absolute atomic E-state index is 13.3. The molecule has 3 heterocycles. The first kappa shape index (κ1) is 20.0. The fraction of sp³-hybridized carbons (Fsp3) is 0.250. The van der Waals surface area contributed by atoms with Crippen molar-refractivity contribution >= 4 is 29.4 Å². The van der Waals surface area contributed by atoms with Gasteiger partial charge in [0.15, 0.2) is 0 Å². The number of nitrogens with zero attached hydrogens (tertiary/aromatic N) is 3. The first-order chi connectivity index (χ1) is 15.6. The minimum Gasteiger partial charge on any atom is -0.331 e. The lowest BCUT2D eigenvalue weighted by atomic mass is 10.0. The van der Waals surface area contributed by atoms with E-state index >= 15 is 0 Å². The van der Waals surface area contributed by atoms with E-state index in [2.05, 4.69) is 15.3 Å². The summed E-state index contributed by atoms with van der Waals surface area (Å²) in [5.74, 6) is 0.203. The summed E-state index contributed by atoms with van der Waals surface area (Å²) in [5.41, 5.74) is 2.71. The maximum atomic E-state index is 13.3. The topological polar surface area (TPSA) is 98.4 Å². The third-order valence-electron chi connectivity index (χ3n) is 5.94. The summed E-state index contributed by atoms with van der Waals surface area (Å²) < 4.78 is 0. The van der Waals surface area contributed by atoms with Crippen LogP contribution >= 0.6 is 0 Å². The molecule has 2 aliphatic rings. The fourth-order valence-corrected chi connectivity index (χ4v) is 4.47. The van der Waals surface area contributed by atoms with Gasteiger partial charge in [-0.25, -0.2) is 4.98 Å². The molecule has 0 fully saturated rings. The first-order valence-corrected chi connectivity index (χ1v) is 10.8. The van der Waals surface area contributed by atoms with Crippen LogP contribution in [0.4, 0.5) is 11.6 Å². The van der Waals surface area contributed by atoms with Gasteiger partial charge in [-0.05, 0) is 31.0 Å². The predicted molar refractivity (Wildman–Crippen MR) is 119 cm³/mol. The number of aromatic amines is 1. The number of rotatable bonds is 7. The second-order valence-corrected chi connectivity index (χ2v) is 7.95. The van der Waals surface area contributed by atoms with Gasteiger partial charge in [0, 0.05) is 36.5 Å². The summed E-state index contributed by atoms with van der Waals surface area (Å²) in [6.07, 6.45) is 5.42. The summed E-state index contributed by atoms with van der Waals surface area (Å²) >= 11 is 0. The van der Waals surface area contributed by atoms with Crippen molar-refractivity contribution in [2.75, 3.05) is 16.8 Å². The Morgan fingerprint density at radius 3 is 2.56 bits per heavy atom. The Morgan fingerprint density at radius 2 is 1.75 bits per heavy atom. The molecule has 2 N–H and O–H groups in total. The van der Waals surface area contributed by atoms with Crippen LogP contribution in [0.25, 0.3) is 0 Å². The zero-order valence-electron chi connectivity index (χ0n) is 17.5. The summed E-state index contributed by atoms with van der Waals surface area (Å²) in [7, 11) is 0. The number of fused-ring (bicyclic) bond motifs is 5. The zero-order valence-corrected chi connectivity index (χ0v) is 17.5. The lowest BCUT2D eigenvalue weighted by Crippen LogP contribution is -2.48. The van der Waals surface area contributed by atoms with Crippen LogP contribution in [0.15, 0.2) is 60.9 Å². The van der Waals surface area contributed by atoms with Crippen LogP contribution in [0.5, 0.6) is 0 Å². The normalized spacial score (nSPS) is 16.6. The molecule has 0 spiro atoms. The summed E-state index contributed by atoms with van der Waals surface area (Å²) in [6, 6.07) is 14.8. The van der Waals surface area contributed by atoms with Crippen molar-refractivity contribution in [1.82, 2.24) is 14.9 Å². The number of imidazole rings is 1. The van der Waals surface area contributed by atoms with Gasteiger partial charge in [-0.2, -0.15) is 0 Å². The van der Waals surface area contributed by atoms with Gasteiger partial charge >= 0.3 is 0 Å². The monoisotopic (exact) mass is 429 g/mol. The molecule has 162 valence electrons. The van der Waals surface area contributed by atoms with Crippen LogP contribution in [-0.4, -0.2) is 39.1 Å². The molecule has 32 heavy (non-hydrogen) atoms. The molecule has 8 heteroatoms. The van der Waals surface area contributed by atoms with E-state index in [4.69, 9.17) is 0 Å². The molecule has 0 bridgehead atoms. The van der Waals surface area contributed by atoms with E-state index in [1.807, 2.05) is 42.5 Å². The van der Waals surface area contributed by atoms with Gasteiger partial charge in [-0.3, -0.25) is 24.6 Å². The number of hydrogen-bond donors (Lipinski definition) is 2. The molecule has 3 aromatic rings. The Morgan fingerprint density at radius 1 is 0.969 bits per heavy atom. The summed E-state index contributed by atoms with van der Waals surface area (Å²) in [5, 5.41) is 2.71. The van der Waals surface area contributed by atoms with Crippen LogP contribution in [0.2, 0.25) is 0 Å². The van der Waals surface area contributed by atoms with Gasteiger partial charge < -0.3 is 9.88 Å². The van der Waals surface area contributed by atoms with Crippen LogP contribution in [0, 0.1) is 0 Å². The van der Waals surface area contributed by atoms with E-state index < -0.39 is 6.17 Å². The fourth-order valence-electron chi connectivity index (χ4n) is 4.47. The standard InChI is InChI=1S/C24H23N5O3/c30-20(27-24-25-13-14-26-24)12-2-1-7-15-28-21-16-8-3-4-9-17(16)23(32)29(21)19-11-6-5-10-18(19)22(28)31/h3-6,8-11,13-14,21H,1-2,7,12,15H2,(H2,25,26,27,30)/t21-/m0/s1. The Labute approximate surface area is 185 Å². The van der Waals surface area contributed by atoms with E-state index in [-0.39, 0.29) is 17.7 Å². The smallest absolute Gasteiger partial charge is 0.260 e.